The van der Waals surface area contributed by atoms with Gasteiger partial charge in [-0.1, -0.05) is 23.7 Å². The third-order valence-corrected chi connectivity index (χ3v) is 2.34. The molecule has 0 aliphatic heterocycles. The molecule has 3 N–H and O–H groups in total. The van der Waals surface area contributed by atoms with E-state index in [4.69, 9.17) is 17.4 Å². The number of nitrogens with one attached hydrogen (secondary N) is 1. The van der Waals surface area contributed by atoms with Gasteiger partial charge >= 0.3 is 0 Å². The molecule has 0 radical (unpaired) electrons. The Morgan fingerprint density at radius 3 is 2.88 bits per heavy atom. The van der Waals surface area contributed by atoms with Gasteiger partial charge in [-0.15, -0.1) is 0 Å². The summed E-state index contributed by atoms with van der Waals surface area (Å²) in [6.07, 6.45) is 0. The number of nitrogens with two attached hydrogens (primary N) is 1. The van der Waals surface area contributed by atoms with Crippen molar-refractivity contribution in [2.45, 2.75) is 13.5 Å². The highest BCUT2D eigenvalue weighted by Gasteiger charge is 2.05. The van der Waals surface area contributed by atoms with Gasteiger partial charge in [0.2, 0.25) is 5.96 Å². The van der Waals surface area contributed by atoms with Gasteiger partial charge in [-0.05, 0) is 24.6 Å². The first kappa shape index (κ1) is 12.8. The predicted molar refractivity (Wildman–Crippen MR) is 68.2 cm³/mol. The number of halogens is 1. The van der Waals surface area contributed by atoms with E-state index < -0.39 is 0 Å². The largest absolute Gasteiger partial charge is 0.341 e. The van der Waals surface area contributed by atoms with Crippen molar-refractivity contribution in [1.82, 2.24) is 10.3 Å². The van der Waals surface area contributed by atoms with Crippen LogP contribution in [0.3, 0.4) is 0 Å². The summed E-state index contributed by atoms with van der Waals surface area (Å²) in [6, 6.07) is 7.73. The molecular weight excluding hydrogens is 224 g/mol. The van der Waals surface area contributed by atoms with E-state index in [-0.39, 0.29) is 0 Å². The van der Waals surface area contributed by atoms with Gasteiger partial charge in [0.25, 0.3) is 0 Å². The maximum Gasteiger partial charge on any atom is 0.208 e. The summed E-state index contributed by atoms with van der Waals surface area (Å²) in [5.41, 5.74) is 3.70. The van der Waals surface area contributed by atoms with Crippen LogP contribution in [0.25, 0.3) is 0 Å². The second-order valence-electron chi connectivity index (χ2n) is 3.43. The van der Waals surface area contributed by atoms with Crippen LogP contribution in [0.2, 0.25) is 5.02 Å². The number of nitrogens with zero attached hydrogens (tertiary/aromatic N) is 2. The molecule has 0 amide bonds. The van der Waals surface area contributed by atoms with Crippen LogP contribution in [-0.2, 0) is 6.54 Å². The summed E-state index contributed by atoms with van der Waals surface area (Å²) < 4.78 is 0. The Kier molecular flexibility index (Phi) is 5.08. The number of hydrogen-bond acceptors (Lipinski definition) is 2. The van der Waals surface area contributed by atoms with Crippen LogP contribution < -0.4 is 11.3 Å². The normalized spacial score (nSPS) is 11.4. The molecule has 88 valence electrons. The van der Waals surface area contributed by atoms with Gasteiger partial charge in [-0.3, -0.25) is 10.4 Å². The lowest BCUT2D eigenvalue weighted by Gasteiger charge is -2.20. The van der Waals surface area contributed by atoms with Crippen molar-refractivity contribution >= 4 is 17.6 Å². The first-order chi connectivity index (χ1) is 7.67. The van der Waals surface area contributed by atoms with Crippen LogP contribution >= 0.6 is 11.6 Å². The van der Waals surface area contributed by atoms with Crippen molar-refractivity contribution < 1.29 is 0 Å². The monoisotopic (exact) mass is 240 g/mol. The van der Waals surface area contributed by atoms with E-state index in [0.29, 0.717) is 19.0 Å². The molecule has 0 aromatic heterocycles. The molecule has 16 heavy (non-hydrogen) atoms. The van der Waals surface area contributed by atoms with Crippen molar-refractivity contribution in [1.29, 1.82) is 0 Å². The number of benzene rings is 1. The molecule has 0 spiro atoms. The maximum atomic E-state index is 5.91. The van der Waals surface area contributed by atoms with Crippen molar-refractivity contribution in [3.63, 3.8) is 0 Å². The summed E-state index contributed by atoms with van der Waals surface area (Å²) in [5, 5.41) is 0.737. The molecule has 0 saturated heterocycles. The fraction of sp³-hybridized carbons (Fsp3) is 0.364. The van der Waals surface area contributed by atoms with Crippen LogP contribution in [0, 0.1) is 0 Å². The van der Waals surface area contributed by atoms with Gasteiger partial charge in [0, 0.05) is 25.2 Å². The fourth-order valence-electron chi connectivity index (χ4n) is 1.41. The number of hydrazine groups is 1. The van der Waals surface area contributed by atoms with Crippen molar-refractivity contribution in [3.8, 4) is 0 Å². The molecule has 0 aliphatic rings. The molecule has 1 aromatic carbocycles. The zero-order valence-corrected chi connectivity index (χ0v) is 10.3. The molecule has 0 fully saturated rings. The van der Waals surface area contributed by atoms with E-state index in [0.717, 1.165) is 10.6 Å². The number of hydrogen-bond donors (Lipinski definition) is 2. The minimum absolute atomic E-state index is 0.669. The molecule has 0 atom stereocenters. The van der Waals surface area contributed by atoms with Gasteiger partial charge in [-0.25, -0.2) is 5.84 Å². The zero-order chi connectivity index (χ0) is 12.0. The fourth-order valence-corrected chi connectivity index (χ4v) is 1.62. The SMILES string of the molecule is CCN=C(NN)N(C)Cc1cccc(Cl)c1. The van der Waals surface area contributed by atoms with Crippen LogP contribution in [0.15, 0.2) is 29.3 Å². The average molecular weight is 241 g/mol. The number of aliphatic imine (C=N–C) groups is 1. The van der Waals surface area contributed by atoms with Crippen molar-refractivity contribution in [2.24, 2.45) is 10.8 Å². The Hall–Kier alpha value is -1.26. The van der Waals surface area contributed by atoms with Gasteiger partial charge in [0.15, 0.2) is 0 Å². The van der Waals surface area contributed by atoms with E-state index in [2.05, 4.69) is 10.4 Å². The van der Waals surface area contributed by atoms with Gasteiger partial charge < -0.3 is 4.90 Å². The minimum atomic E-state index is 0.669. The molecule has 1 aromatic rings. The van der Waals surface area contributed by atoms with E-state index in [1.54, 1.807) is 0 Å². The molecule has 0 unspecified atom stereocenters. The number of guanidine groups is 1. The lowest BCUT2D eigenvalue weighted by Crippen LogP contribution is -2.42. The Balaban J connectivity index is 2.70. The average Bonchev–Trinajstić information content (AvgIpc) is 2.25. The Morgan fingerprint density at radius 2 is 2.31 bits per heavy atom. The molecule has 0 bridgehead atoms. The molecule has 0 saturated carbocycles. The highest BCUT2D eigenvalue weighted by molar-refractivity contribution is 6.30. The van der Waals surface area contributed by atoms with Crippen molar-refractivity contribution in [2.75, 3.05) is 13.6 Å². The first-order valence-corrected chi connectivity index (χ1v) is 5.51. The number of rotatable bonds is 3. The standard InChI is InChI=1S/C11H17ClN4/c1-3-14-11(15-13)16(2)8-9-5-4-6-10(12)7-9/h4-7H,3,8,13H2,1-2H3,(H,14,15). The summed E-state index contributed by atoms with van der Waals surface area (Å²) >= 11 is 5.91. The second-order valence-corrected chi connectivity index (χ2v) is 3.86. The van der Waals surface area contributed by atoms with E-state index >= 15 is 0 Å². The smallest absolute Gasteiger partial charge is 0.208 e. The lowest BCUT2D eigenvalue weighted by atomic mass is 10.2. The molecule has 5 heteroatoms. The topological polar surface area (TPSA) is 53.6 Å². The van der Waals surface area contributed by atoms with E-state index in [1.807, 2.05) is 43.1 Å². The zero-order valence-electron chi connectivity index (χ0n) is 9.57. The van der Waals surface area contributed by atoms with Gasteiger partial charge in [0.05, 0.1) is 0 Å². The molecule has 1 rings (SSSR count). The Morgan fingerprint density at radius 1 is 1.56 bits per heavy atom. The van der Waals surface area contributed by atoms with Crippen LogP contribution in [0.4, 0.5) is 0 Å². The van der Waals surface area contributed by atoms with E-state index in [9.17, 15) is 0 Å². The van der Waals surface area contributed by atoms with Crippen LogP contribution in [-0.4, -0.2) is 24.5 Å². The molecule has 4 nitrogen and oxygen atoms in total. The first-order valence-electron chi connectivity index (χ1n) is 5.14. The minimum Gasteiger partial charge on any atom is -0.341 e. The van der Waals surface area contributed by atoms with Crippen LogP contribution in [0.5, 0.6) is 0 Å². The maximum absolute atomic E-state index is 5.91. The Bertz CT molecular complexity index is 365. The second kappa shape index (κ2) is 6.35. The highest BCUT2D eigenvalue weighted by atomic mass is 35.5. The lowest BCUT2D eigenvalue weighted by molar-refractivity contribution is 0.477. The summed E-state index contributed by atoms with van der Waals surface area (Å²) in [5.74, 6) is 6.06. The van der Waals surface area contributed by atoms with Gasteiger partial charge in [0.1, 0.15) is 0 Å². The summed E-state index contributed by atoms with van der Waals surface area (Å²) in [6.45, 7) is 3.37. The van der Waals surface area contributed by atoms with Crippen molar-refractivity contribution in [3.05, 3.63) is 34.9 Å². The molecule has 0 aliphatic carbocycles. The summed E-state index contributed by atoms with van der Waals surface area (Å²) in [7, 11) is 1.93. The quantitative estimate of drug-likeness (QED) is 0.365. The van der Waals surface area contributed by atoms with Gasteiger partial charge in [-0.2, -0.15) is 0 Å². The van der Waals surface area contributed by atoms with Crippen LogP contribution in [0.1, 0.15) is 12.5 Å². The van der Waals surface area contributed by atoms with E-state index in [1.165, 1.54) is 0 Å². The third-order valence-electron chi connectivity index (χ3n) is 2.11. The predicted octanol–water partition coefficient (Wildman–Crippen LogP) is 1.61. The molecular formula is C11H17ClN4. The summed E-state index contributed by atoms with van der Waals surface area (Å²) in [4.78, 5) is 6.17. The Labute approximate surface area is 101 Å². The third kappa shape index (κ3) is 3.72. The molecule has 0 heterocycles. The highest BCUT2D eigenvalue weighted by Crippen LogP contribution is 2.11.